The summed E-state index contributed by atoms with van der Waals surface area (Å²) in [6.45, 7) is 5.02. The minimum absolute atomic E-state index is 0.0675. The first-order chi connectivity index (χ1) is 11.7. The quantitative estimate of drug-likeness (QED) is 0.552. The molecule has 6 heteroatoms. The smallest absolute Gasteiger partial charge is 0.245 e. The van der Waals surface area contributed by atoms with Crippen molar-refractivity contribution in [1.82, 2.24) is 10.1 Å². The highest BCUT2D eigenvalue weighted by Gasteiger charge is 2.17. The molecule has 0 saturated heterocycles. The van der Waals surface area contributed by atoms with Gasteiger partial charge in [0.25, 0.3) is 0 Å². The Morgan fingerprint density at radius 3 is 2.42 bits per heavy atom. The summed E-state index contributed by atoms with van der Waals surface area (Å²) in [6, 6.07) is 1.58. The number of nitrogens with zero attached hydrogens (tertiary/aromatic N) is 2. The normalized spacial score (nSPS) is 10.6. The van der Waals surface area contributed by atoms with Gasteiger partial charge in [0.05, 0.1) is 6.54 Å². The van der Waals surface area contributed by atoms with E-state index in [1.54, 1.807) is 11.0 Å². The molecule has 0 saturated carbocycles. The van der Waals surface area contributed by atoms with E-state index in [1.807, 2.05) is 0 Å². The molecule has 1 rings (SSSR count). The Hall–Kier alpha value is -1.85. The summed E-state index contributed by atoms with van der Waals surface area (Å²) in [7, 11) is 0. The molecule has 0 spiro atoms. The molecule has 0 unspecified atom stereocenters. The highest BCUT2D eigenvalue weighted by molar-refractivity contribution is 5.93. The number of carbonyl (C=O) groups excluding carboxylic acids is 2. The lowest BCUT2D eigenvalue weighted by molar-refractivity contribution is -0.134. The van der Waals surface area contributed by atoms with Gasteiger partial charge in [0, 0.05) is 19.0 Å². The number of hydrogen-bond acceptors (Lipinski definition) is 4. The van der Waals surface area contributed by atoms with Crippen LogP contribution in [0.4, 0.5) is 5.82 Å². The first-order valence-electron chi connectivity index (χ1n) is 9.15. The third-order valence-electron chi connectivity index (χ3n) is 3.92. The molecule has 0 fully saturated rings. The zero-order valence-electron chi connectivity index (χ0n) is 15.1. The van der Waals surface area contributed by atoms with Crippen molar-refractivity contribution < 1.29 is 14.1 Å². The Balaban J connectivity index is 2.45. The van der Waals surface area contributed by atoms with Crippen molar-refractivity contribution in [2.24, 2.45) is 0 Å². The predicted octanol–water partition coefficient (Wildman–Crippen LogP) is 3.99. The van der Waals surface area contributed by atoms with Crippen molar-refractivity contribution in [2.45, 2.75) is 71.6 Å². The number of anilines is 1. The Morgan fingerprint density at radius 1 is 1.08 bits per heavy atom. The van der Waals surface area contributed by atoms with Crippen LogP contribution in [0.5, 0.6) is 0 Å². The van der Waals surface area contributed by atoms with Gasteiger partial charge in [0.15, 0.2) is 5.82 Å². The molecule has 6 nitrogen and oxygen atoms in total. The first kappa shape index (κ1) is 20.2. The van der Waals surface area contributed by atoms with E-state index in [2.05, 4.69) is 24.3 Å². The van der Waals surface area contributed by atoms with Gasteiger partial charge >= 0.3 is 0 Å². The summed E-state index contributed by atoms with van der Waals surface area (Å²) in [5.41, 5.74) is 0. The van der Waals surface area contributed by atoms with Crippen molar-refractivity contribution in [1.29, 1.82) is 0 Å². The Bertz CT molecular complexity index is 460. The van der Waals surface area contributed by atoms with Crippen LogP contribution in [0.25, 0.3) is 0 Å². The predicted molar refractivity (Wildman–Crippen MR) is 94.6 cm³/mol. The number of rotatable bonds is 13. The van der Waals surface area contributed by atoms with E-state index in [-0.39, 0.29) is 18.4 Å². The molecular formula is C18H31N3O3. The van der Waals surface area contributed by atoms with Crippen LogP contribution in [0.1, 0.15) is 71.6 Å². The average Bonchev–Trinajstić information content (AvgIpc) is 3.07. The zero-order valence-corrected chi connectivity index (χ0v) is 15.1. The second-order valence-corrected chi connectivity index (χ2v) is 6.12. The van der Waals surface area contributed by atoms with Crippen LogP contribution in [-0.2, 0) is 9.59 Å². The fourth-order valence-electron chi connectivity index (χ4n) is 2.52. The molecule has 0 aliphatic rings. The van der Waals surface area contributed by atoms with Crippen molar-refractivity contribution >= 4 is 17.6 Å². The highest BCUT2D eigenvalue weighted by atomic mass is 16.5. The third kappa shape index (κ3) is 8.70. The van der Waals surface area contributed by atoms with E-state index in [1.165, 1.54) is 6.26 Å². The fourth-order valence-corrected chi connectivity index (χ4v) is 2.52. The second kappa shape index (κ2) is 12.6. The summed E-state index contributed by atoms with van der Waals surface area (Å²) < 4.78 is 4.69. The van der Waals surface area contributed by atoms with Crippen LogP contribution in [0.2, 0.25) is 0 Å². The van der Waals surface area contributed by atoms with E-state index in [9.17, 15) is 9.59 Å². The summed E-state index contributed by atoms with van der Waals surface area (Å²) in [6.07, 6.45) is 10.5. The third-order valence-corrected chi connectivity index (χ3v) is 3.92. The lowest BCUT2D eigenvalue weighted by Gasteiger charge is -2.22. The molecule has 1 aromatic heterocycles. The number of aromatic nitrogens is 1. The SMILES string of the molecule is CCCCCCC(=O)N(CCCCCC)CC(=O)Nc1ccon1. The van der Waals surface area contributed by atoms with Crippen LogP contribution >= 0.6 is 0 Å². The molecular weight excluding hydrogens is 306 g/mol. The Labute approximate surface area is 145 Å². The van der Waals surface area contributed by atoms with Crippen LogP contribution in [-0.4, -0.2) is 35.0 Å². The summed E-state index contributed by atoms with van der Waals surface area (Å²) in [5.74, 6) is 0.209. The van der Waals surface area contributed by atoms with E-state index >= 15 is 0 Å². The van der Waals surface area contributed by atoms with Gasteiger partial charge in [-0.05, 0) is 12.8 Å². The number of nitrogens with one attached hydrogen (secondary N) is 1. The molecule has 0 atom stereocenters. The molecule has 0 aromatic carbocycles. The zero-order chi connectivity index (χ0) is 17.6. The fraction of sp³-hybridized carbons (Fsp3) is 0.722. The molecule has 0 aliphatic heterocycles. The number of hydrogen-bond donors (Lipinski definition) is 1. The van der Waals surface area contributed by atoms with Gasteiger partial charge in [-0.15, -0.1) is 0 Å². The maximum Gasteiger partial charge on any atom is 0.245 e. The summed E-state index contributed by atoms with van der Waals surface area (Å²) in [4.78, 5) is 26.2. The lowest BCUT2D eigenvalue weighted by Crippen LogP contribution is -2.38. The monoisotopic (exact) mass is 337 g/mol. The topological polar surface area (TPSA) is 75.4 Å². The minimum Gasteiger partial charge on any atom is -0.363 e. The molecule has 0 bridgehead atoms. The number of amides is 2. The van der Waals surface area contributed by atoms with Gasteiger partial charge in [0.2, 0.25) is 11.8 Å². The van der Waals surface area contributed by atoms with Crippen LogP contribution in [0.15, 0.2) is 16.9 Å². The first-order valence-corrected chi connectivity index (χ1v) is 9.15. The lowest BCUT2D eigenvalue weighted by atomic mass is 10.1. The van der Waals surface area contributed by atoms with Crippen molar-refractivity contribution in [3.63, 3.8) is 0 Å². The van der Waals surface area contributed by atoms with E-state index < -0.39 is 0 Å². The van der Waals surface area contributed by atoms with Gasteiger partial charge in [0.1, 0.15) is 6.26 Å². The maximum atomic E-state index is 12.4. The van der Waals surface area contributed by atoms with Crippen LogP contribution in [0, 0.1) is 0 Å². The van der Waals surface area contributed by atoms with Crippen LogP contribution < -0.4 is 5.32 Å². The van der Waals surface area contributed by atoms with Gasteiger partial charge in [-0.3, -0.25) is 9.59 Å². The number of carbonyl (C=O) groups is 2. The standard InChI is InChI=1S/C18H31N3O3/c1-3-5-7-9-11-18(23)21(13-10-8-6-4-2)15-17(22)19-16-12-14-24-20-16/h12,14H,3-11,13,15H2,1-2H3,(H,19,20,22). The van der Waals surface area contributed by atoms with Crippen molar-refractivity contribution in [3.05, 3.63) is 12.3 Å². The van der Waals surface area contributed by atoms with Gasteiger partial charge in [-0.25, -0.2) is 0 Å². The Morgan fingerprint density at radius 2 is 1.79 bits per heavy atom. The number of unbranched alkanes of at least 4 members (excludes halogenated alkanes) is 6. The van der Waals surface area contributed by atoms with Crippen molar-refractivity contribution in [2.75, 3.05) is 18.4 Å². The molecule has 1 heterocycles. The molecule has 136 valence electrons. The second-order valence-electron chi connectivity index (χ2n) is 6.12. The van der Waals surface area contributed by atoms with E-state index in [0.29, 0.717) is 18.8 Å². The molecule has 0 aliphatic carbocycles. The highest BCUT2D eigenvalue weighted by Crippen LogP contribution is 2.09. The Kier molecular flexibility index (Phi) is 10.6. The van der Waals surface area contributed by atoms with Gasteiger partial charge < -0.3 is 14.7 Å². The van der Waals surface area contributed by atoms with Crippen molar-refractivity contribution in [3.8, 4) is 0 Å². The molecule has 0 radical (unpaired) electrons. The largest absolute Gasteiger partial charge is 0.363 e. The maximum absolute atomic E-state index is 12.4. The minimum atomic E-state index is -0.235. The summed E-state index contributed by atoms with van der Waals surface area (Å²) in [5, 5.41) is 6.30. The molecule has 1 aromatic rings. The molecule has 2 amide bonds. The van der Waals surface area contributed by atoms with Gasteiger partial charge in [-0.2, -0.15) is 0 Å². The van der Waals surface area contributed by atoms with E-state index in [4.69, 9.17) is 4.52 Å². The molecule has 1 N–H and O–H groups in total. The van der Waals surface area contributed by atoms with Gasteiger partial charge in [-0.1, -0.05) is 57.5 Å². The van der Waals surface area contributed by atoms with Crippen LogP contribution in [0.3, 0.4) is 0 Å². The van der Waals surface area contributed by atoms with E-state index in [0.717, 1.165) is 51.4 Å². The molecule has 24 heavy (non-hydrogen) atoms. The summed E-state index contributed by atoms with van der Waals surface area (Å²) >= 11 is 0. The average molecular weight is 337 g/mol.